The highest BCUT2D eigenvalue weighted by atomic mass is 16.5. The summed E-state index contributed by atoms with van der Waals surface area (Å²) in [6, 6.07) is 16.1. The molecule has 0 spiro atoms. The van der Waals surface area contributed by atoms with Crippen molar-refractivity contribution in [3.8, 4) is 0 Å². The van der Waals surface area contributed by atoms with Crippen LogP contribution in [-0.2, 0) is 17.7 Å². The predicted molar refractivity (Wildman–Crippen MR) is 125 cm³/mol. The van der Waals surface area contributed by atoms with Gasteiger partial charge in [0.1, 0.15) is 6.04 Å². The number of benzene rings is 2. The number of aryl methyl sites for hydroxylation is 1. The number of anilines is 1. The van der Waals surface area contributed by atoms with Gasteiger partial charge in [-0.05, 0) is 71.3 Å². The predicted octanol–water partition coefficient (Wildman–Crippen LogP) is 3.15. The number of aromatic amines is 1. The molecule has 2 aliphatic rings. The summed E-state index contributed by atoms with van der Waals surface area (Å²) in [5, 5.41) is 13.7. The van der Waals surface area contributed by atoms with Crippen LogP contribution in [0.25, 0.3) is 10.9 Å². The molecule has 4 heterocycles. The smallest absolute Gasteiger partial charge is 0.254 e. The van der Waals surface area contributed by atoms with Crippen molar-refractivity contribution in [3.63, 3.8) is 0 Å². The van der Waals surface area contributed by atoms with Crippen LogP contribution in [0.4, 0.5) is 5.69 Å². The number of fused-ring (bicyclic) bond motifs is 2. The van der Waals surface area contributed by atoms with Crippen molar-refractivity contribution in [2.45, 2.75) is 44.9 Å². The van der Waals surface area contributed by atoms with Crippen LogP contribution in [0.15, 0.2) is 53.3 Å². The van der Waals surface area contributed by atoms with E-state index in [-0.39, 0.29) is 11.7 Å². The SMILES string of the molecule is Cc1ccc2cc([C@H](c3nnnn3C[C@H]3CCCO3)N3CCc4ccccc43)c(=O)[nH]c2c1. The Morgan fingerprint density at radius 3 is 3.00 bits per heavy atom. The lowest BCUT2D eigenvalue weighted by atomic mass is 10.0. The number of nitrogens with one attached hydrogen (secondary N) is 1. The number of rotatable bonds is 5. The molecule has 1 N–H and O–H groups in total. The third kappa shape index (κ3) is 3.60. The van der Waals surface area contributed by atoms with E-state index in [1.54, 1.807) is 0 Å². The number of H-pyrrole nitrogens is 1. The second-order valence-corrected chi connectivity index (χ2v) is 8.97. The highest BCUT2D eigenvalue weighted by molar-refractivity contribution is 5.80. The van der Waals surface area contributed by atoms with Crippen LogP contribution in [0.2, 0.25) is 0 Å². The van der Waals surface area contributed by atoms with E-state index in [0.29, 0.717) is 17.9 Å². The zero-order chi connectivity index (χ0) is 22.4. The maximum Gasteiger partial charge on any atom is 0.254 e. The van der Waals surface area contributed by atoms with Gasteiger partial charge in [-0.25, -0.2) is 4.68 Å². The monoisotopic (exact) mass is 442 g/mol. The average Bonchev–Trinajstić information content (AvgIpc) is 3.57. The van der Waals surface area contributed by atoms with Crippen molar-refractivity contribution >= 4 is 16.6 Å². The third-order valence-corrected chi connectivity index (χ3v) is 6.76. The van der Waals surface area contributed by atoms with Crippen molar-refractivity contribution in [1.29, 1.82) is 0 Å². The van der Waals surface area contributed by atoms with Gasteiger partial charge in [-0.3, -0.25) is 4.79 Å². The molecule has 0 unspecified atom stereocenters. The molecule has 0 amide bonds. The molecule has 2 aromatic carbocycles. The fourth-order valence-corrected chi connectivity index (χ4v) is 5.13. The number of aromatic nitrogens is 5. The van der Waals surface area contributed by atoms with Gasteiger partial charge in [0, 0.05) is 29.9 Å². The Bertz CT molecular complexity index is 1370. The maximum atomic E-state index is 13.4. The van der Waals surface area contributed by atoms with E-state index in [4.69, 9.17) is 4.74 Å². The summed E-state index contributed by atoms with van der Waals surface area (Å²) in [4.78, 5) is 18.8. The van der Waals surface area contributed by atoms with Crippen LogP contribution < -0.4 is 10.5 Å². The van der Waals surface area contributed by atoms with Crippen molar-refractivity contribution in [3.05, 3.63) is 81.4 Å². The first kappa shape index (κ1) is 20.1. The molecule has 168 valence electrons. The minimum atomic E-state index is -0.403. The molecule has 0 aliphatic carbocycles. The standard InChI is InChI=1S/C25H26N6O2/c1-16-8-9-18-14-20(25(32)26-21(18)13-16)23(30-11-10-17-5-2-3-7-22(17)30)24-27-28-29-31(24)15-19-6-4-12-33-19/h2-3,5,7-9,13-14,19,23H,4,6,10-12,15H2,1H3,(H,26,32)/t19-,23-/m1/s1. The first-order valence-electron chi connectivity index (χ1n) is 11.5. The van der Waals surface area contributed by atoms with E-state index >= 15 is 0 Å². The van der Waals surface area contributed by atoms with Crippen LogP contribution in [0, 0.1) is 6.92 Å². The number of nitrogens with zero attached hydrogens (tertiary/aromatic N) is 5. The molecule has 8 nitrogen and oxygen atoms in total. The minimum absolute atomic E-state index is 0.0941. The Morgan fingerprint density at radius 1 is 1.21 bits per heavy atom. The van der Waals surface area contributed by atoms with E-state index in [2.05, 4.69) is 55.7 Å². The van der Waals surface area contributed by atoms with Gasteiger partial charge in [0.25, 0.3) is 5.56 Å². The Labute approximate surface area is 191 Å². The van der Waals surface area contributed by atoms with Crippen LogP contribution in [-0.4, -0.2) is 44.4 Å². The Morgan fingerprint density at radius 2 is 2.12 bits per heavy atom. The van der Waals surface area contributed by atoms with Crippen molar-refractivity contribution < 1.29 is 4.74 Å². The average molecular weight is 443 g/mol. The summed E-state index contributed by atoms with van der Waals surface area (Å²) in [7, 11) is 0. The van der Waals surface area contributed by atoms with Crippen LogP contribution in [0.5, 0.6) is 0 Å². The lowest BCUT2D eigenvalue weighted by Crippen LogP contribution is -2.35. The van der Waals surface area contributed by atoms with Gasteiger partial charge in [0.2, 0.25) is 0 Å². The van der Waals surface area contributed by atoms with Crippen molar-refractivity contribution in [1.82, 2.24) is 25.2 Å². The second-order valence-electron chi connectivity index (χ2n) is 8.97. The van der Waals surface area contributed by atoms with Gasteiger partial charge in [-0.2, -0.15) is 0 Å². The van der Waals surface area contributed by atoms with Crippen molar-refractivity contribution in [2.24, 2.45) is 0 Å². The fourth-order valence-electron chi connectivity index (χ4n) is 5.13. The molecule has 2 aliphatic heterocycles. The molecule has 33 heavy (non-hydrogen) atoms. The Hall–Kier alpha value is -3.52. The number of pyridine rings is 1. The molecule has 1 saturated heterocycles. The quantitative estimate of drug-likeness (QED) is 0.511. The third-order valence-electron chi connectivity index (χ3n) is 6.76. The lowest BCUT2D eigenvalue weighted by Gasteiger charge is -2.29. The molecule has 0 saturated carbocycles. The zero-order valence-corrected chi connectivity index (χ0v) is 18.6. The van der Waals surface area contributed by atoms with Crippen LogP contribution in [0.3, 0.4) is 0 Å². The van der Waals surface area contributed by atoms with E-state index in [9.17, 15) is 4.79 Å². The summed E-state index contributed by atoms with van der Waals surface area (Å²) < 4.78 is 7.66. The molecule has 6 rings (SSSR count). The summed E-state index contributed by atoms with van der Waals surface area (Å²) >= 11 is 0. The summed E-state index contributed by atoms with van der Waals surface area (Å²) in [6.07, 6.45) is 3.06. The Kier molecular flexibility index (Phi) is 4.95. The van der Waals surface area contributed by atoms with Gasteiger partial charge in [-0.1, -0.05) is 30.3 Å². The van der Waals surface area contributed by atoms with Gasteiger partial charge in [0.15, 0.2) is 5.82 Å². The van der Waals surface area contributed by atoms with E-state index < -0.39 is 6.04 Å². The number of tetrazole rings is 1. The van der Waals surface area contributed by atoms with Crippen molar-refractivity contribution in [2.75, 3.05) is 18.1 Å². The van der Waals surface area contributed by atoms with Gasteiger partial charge in [-0.15, -0.1) is 5.10 Å². The first-order chi connectivity index (χ1) is 16.2. The molecular weight excluding hydrogens is 416 g/mol. The zero-order valence-electron chi connectivity index (χ0n) is 18.6. The normalized spacial score (nSPS) is 18.7. The molecule has 4 aromatic rings. The lowest BCUT2D eigenvalue weighted by molar-refractivity contribution is 0.0924. The molecule has 8 heteroatoms. The van der Waals surface area contributed by atoms with Crippen LogP contribution >= 0.6 is 0 Å². The fraction of sp³-hybridized carbons (Fsp3) is 0.360. The molecule has 0 radical (unpaired) electrons. The second kappa shape index (κ2) is 8.12. The minimum Gasteiger partial charge on any atom is -0.376 e. The number of hydrogen-bond donors (Lipinski definition) is 1. The molecular formula is C25H26N6O2. The molecule has 2 aromatic heterocycles. The summed E-state index contributed by atoms with van der Waals surface area (Å²) in [5.41, 5.74) is 4.87. The molecule has 0 bridgehead atoms. The number of ether oxygens (including phenoxy) is 1. The van der Waals surface area contributed by atoms with E-state index in [1.807, 2.05) is 29.8 Å². The number of para-hydroxylation sites is 1. The largest absolute Gasteiger partial charge is 0.376 e. The van der Waals surface area contributed by atoms with Gasteiger partial charge in [0.05, 0.1) is 12.6 Å². The highest BCUT2D eigenvalue weighted by Gasteiger charge is 2.34. The van der Waals surface area contributed by atoms with Gasteiger partial charge >= 0.3 is 0 Å². The summed E-state index contributed by atoms with van der Waals surface area (Å²) in [6.45, 7) is 4.17. The summed E-state index contributed by atoms with van der Waals surface area (Å²) in [5.74, 6) is 0.666. The molecule has 2 atom stereocenters. The highest BCUT2D eigenvalue weighted by Crippen LogP contribution is 2.37. The first-order valence-corrected chi connectivity index (χ1v) is 11.5. The van der Waals surface area contributed by atoms with Gasteiger partial charge < -0.3 is 14.6 Å². The Balaban J connectivity index is 1.51. The van der Waals surface area contributed by atoms with E-state index in [0.717, 1.165) is 54.6 Å². The maximum absolute atomic E-state index is 13.4. The van der Waals surface area contributed by atoms with Crippen LogP contribution in [0.1, 0.15) is 41.4 Å². The van der Waals surface area contributed by atoms with E-state index in [1.165, 1.54) is 5.56 Å². The number of hydrogen-bond acceptors (Lipinski definition) is 6. The topological polar surface area (TPSA) is 88.9 Å². The molecule has 1 fully saturated rings.